The van der Waals surface area contributed by atoms with Crippen molar-refractivity contribution in [1.82, 2.24) is 0 Å². The van der Waals surface area contributed by atoms with Crippen molar-refractivity contribution in [3.05, 3.63) is 36.9 Å². The highest BCUT2D eigenvalue weighted by molar-refractivity contribution is 14.1. The van der Waals surface area contributed by atoms with E-state index >= 15 is 0 Å². The van der Waals surface area contributed by atoms with E-state index in [9.17, 15) is 19.7 Å². The Kier molecular flexibility index (Phi) is 3.51. The average Bonchev–Trinajstić information content (AvgIpc) is 2.17. The molecule has 0 aliphatic heterocycles. The summed E-state index contributed by atoms with van der Waals surface area (Å²) in [6.45, 7) is 1.29. The standard InChI is InChI=1S/C9H6INO4/c1-5(13)6-2-7(4-12)9(10)8(3-6)11(14)15/h2-4H,1H3. The van der Waals surface area contributed by atoms with Crippen LogP contribution in [-0.4, -0.2) is 17.0 Å². The number of hydrogen-bond donors (Lipinski definition) is 0. The van der Waals surface area contributed by atoms with Crippen LogP contribution in [-0.2, 0) is 0 Å². The van der Waals surface area contributed by atoms with Gasteiger partial charge in [0.1, 0.15) is 3.57 Å². The predicted molar refractivity (Wildman–Crippen MR) is 61.2 cm³/mol. The molecule has 0 amide bonds. The first-order valence-corrected chi connectivity index (χ1v) is 4.99. The van der Waals surface area contributed by atoms with E-state index in [2.05, 4.69) is 0 Å². The van der Waals surface area contributed by atoms with Crippen molar-refractivity contribution in [1.29, 1.82) is 0 Å². The van der Waals surface area contributed by atoms with Gasteiger partial charge in [-0.2, -0.15) is 0 Å². The first kappa shape index (κ1) is 11.8. The maximum Gasteiger partial charge on any atom is 0.284 e. The summed E-state index contributed by atoms with van der Waals surface area (Å²) in [5.41, 5.74) is 0.115. The minimum atomic E-state index is -0.610. The molecule has 0 unspecified atom stereocenters. The van der Waals surface area contributed by atoms with Gasteiger partial charge in [-0.25, -0.2) is 0 Å². The predicted octanol–water partition coefficient (Wildman–Crippen LogP) is 2.21. The summed E-state index contributed by atoms with van der Waals surface area (Å²) < 4.78 is 0.248. The van der Waals surface area contributed by atoms with Crippen LogP contribution >= 0.6 is 22.6 Å². The van der Waals surface area contributed by atoms with Crippen LogP contribution in [0.5, 0.6) is 0 Å². The zero-order chi connectivity index (χ0) is 11.6. The van der Waals surface area contributed by atoms with Crippen molar-refractivity contribution in [2.75, 3.05) is 0 Å². The third kappa shape index (κ3) is 2.38. The summed E-state index contributed by atoms with van der Waals surface area (Å²) in [4.78, 5) is 31.7. The van der Waals surface area contributed by atoms with Crippen molar-refractivity contribution >= 4 is 40.3 Å². The second kappa shape index (κ2) is 4.47. The lowest BCUT2D eigenvalue weighted by Gasteiger charge is -2.01. The van der Waals surface area contributed by atoms with Crippen LogP contribution in [0.4, 0.5) is 5.69 Å². The number of carbonyl (C=O) groups is 2. The van der Waals surface area contributed by atoms with Gasteiger partial charge in [0.2, 0.25) is 0 Å². The van der Waals surface area contributed by atoms with Gasteiger partial charge in [0.05, 0.1) is 4.92 Å². The lowest BCUT2D eigenvalue weighted by Crippen LogP contribution is -2.01. The van der Waals surface area contributed by atoms with Crippen LogP contribution in [0.25, 0.3) is 0 Å². The maximum absolute atomic E-state index is 11.1. The van der Waals surface area contributed by atoms with Gasteiger partial charge in [-0.3, -0.25) is 19.7 Å². The molecule has 0 saturated heterocycles. The van der Waals surface area contributed by atoms with Gasteiger partial charge >= 0.3 is 0 Å². The van der Waals surface area contributed by atoms with Crippen LogP contribution in [0, 0.1) is 13.7 Å². The highest BCUT2D eigenvalue weighted by Crippen LogP contribution is 2.25. The number of carbonyl (C=O) groups excluding carboxylic acids is 2. The quantitative estimate of drug-likeness (QED) is 0.281. The van der Waals surface area contributed by atoms with E-state index in [0.717, 1.165) is 0 Å². The summed E-state index contributed by atoms with van der Waals surface area (Å²) in [7, 11) is 0. The lowest BCUT2D eigenvalue weighted by atomic mass is 10.1. The Labute approximate surface area is 98.8 Å². The number of aldehydes is 1. The van der Waals surface area contributed by atoms with E-state index in [-0.39, 0.29) is 26.2 Å². The van der Waals surface area contributed by atoms with E-state index in [0.29, 0.717) is 6.29 Å². The number of Topliss-reactive ketones (excluding diaryl/α,β-unsaturated/α-hetero) is 1. The number of hydrogen-bond acceptors (Lipinski definition) is 4. The number of ketones is 1. The first-order valence-electron chi connectivity index (χ1n) is 3.91. The molecule has 0 N–H and O–H groups in total. The van der Waals surface area contributed by atoms with Gasteiger partial charge in [-0.15, -0.1) is 0 Å². The Morgan fingerprint density at radius 1 is 1.53 bits per heavy atom. The summed E-state index contributed by atoms with van der Waals surface area (Å²) in [5, 5.41) is 10.6. The third-order valence-electron chi connectivity index (χ3n) is 1.81. The van der Waals surface area contributed by atoms with E-state index in [4.69, 9.17) is 0 Å². The van der Waals surface area contributed by atoms with Crippen LogP contribution in [0.3, 0.4) is 0 Å². The van der Waals surface area contributed by atoms with Gasteiger partial charge in [0.25, 0.3) is 5.69 Å². The molecule has 0 aromatic heterocycles. The van der Waals surface area contributed by atoms with Crippen molar-refractivity contribution in [3.63, 3.8) is 0 Å². The van der Waals surface area contributed by atoms with Crippen molar-refractivity contribution < 1.29 is 14.5 Å². The Bertz CT molecular complexity index is 456. The summed E-state index contributed by atoms with van der Waals surface area (Å²) in [6, 6.07) is 2.53. The molecule has 0 radical (unpaired) electrons. The Hall–Kier alpha value is -1.31. The highest BCUT2D eigenvalue weighted by atomic mass is 127. The molecule has 0 aliphatic carbocycles. The molecule has 5 nitrogen and oxygen atoms in total. The maximum atomic E-state index is 11.1. The topological polar surface area (TPSA) is 77.3 Å². The van der Waals surface area contributed by atoms with Crippen LogP contribution in [0.2, 0.25) is 0 Å². The Morgan fingerprint density at radius 2 is 2.13 bits per heavy atom. The van der Waals surface area contributed by atoms with E-state index in [1.807, 2.05) is 0 Å². The molecule has 0 atom stereocenters. The third-order valence-corrected chi connectivity index (χ3v) is 2.99. The van der Waals surface area contributed by atoms with Gasteiger partial charge < -0.3 is 0 Å². The number of nitro benzene ring substituents is 1. The second-order valence-corrected chi connectivity index (χ2v) is 3.91. The van der Waals surface area contributed by atoms with Gasteiger partial charge in [-0.1, -0.05) is 0 Å². The summed E-state index contributed by atoms with van der Waals surface area (Å²) in [5.74, 6) is -0.308. The molecule has 0 aliphatic rings. The Morgan fingerprint density at radius 3 is 2.53 bits per heavy atom. The normalized spacial score (nSPS) is 9.73. The number of nitrogens with zero attached hydrogens (tertiary/aromatic N) is 1. The fourth-order valence-corrected chi connectivity index (χ4v) is 1.69. The van der Waals surface area contributed by atoms with Crippen molar-refractivity contribution in [3.8, 4) is 0 Å². The van der Waals surface area contributed by atoms with E-state index in [1.54, 1.807) is 22.6 Å². The highest BCUT2D eigenvalue weighted by Gasteiger charge is 2.18. The van der Waals surface area contributed by atoms with E-state index in [1.165, 1.54) is 19.1 Å². The minimum Gasteiger partial charge on any atom is -0.298 e. The second-order valence-electron chi connectivity index (χ2n) is 2.83. The molecular formula is C9H6INO4. The first-order chi connectivity index (χ1) is 6.97. The fourth-order valence-electron chi connectivity index (χ4n) is 1.05. The molecule has 1 aromatic carbocycles. The monoisotopic (exact) mass is 319 g/mol. The molecule has 1 rings (SSSR count). The number of nitro groups is 1. The number of halogens is 1. The molecule has 78 valence electrons. The lowest BCUT2D eigenvalue weighted by molar-refractivity contribution is -0.385. The SMILES string of the molecule is CC(=O)c1cc(C=O)c(I)c([N+](=O)[O-])c1. The van der Waals surface area contributed by atoms with Crippen molar-refractivity contribution in [2.24, 2.45) is 0 Å². The largest absolute Gasteiger partial charge is 0.298 e. The zero-order valence-corrected chi connectivity index (χ0v) is 9.85. The summed E-state index contributed by atoms with van der Waals surface area (Å²) >= 11 is 1.71. The molecule has 6 heteroatoms. The number of rotatable bonds is 3. The zero-order valence-electron chi connectivity index (χ0n) is 7.69. The van der Waals surface area contributed by atoms with Crippen molar-refractivity contribution in [2.45, 2.75) is 6.92 Å². The molecule has 0 bridgehead atoms. The molecule has 15 heavy (non-hydrogen) atoms. The Balaban J connectivity index is 3.51. The van der Waals surface area contributed by atoms with E-state index < -0.39 is 4.92 Å². The fraction of sp³-hybridized carbons (Fsp3) is 0.111. The molecule has 0 saturated carbocycles. The molecule has 0 spiro atoms. The molecule has 0 fully saturated rings. The smallest absolute Gasteiger partial charge is 0.284 e. The van der Waals surface area contributed by atoms with Gasteiger partial charge in [0, 0.05) is 17.2 Å². The van der Waals surface area contributed by atoms with Gasteiger partial charge in [0.15, 0.2) is 12.1 Å². The molecule has 1 aromatic rings. The van der Waals surface area contributed by atoms with Crippen LogP contribution < -0.4 is 0 Å². The minimum absolute atomic E-state index is 0.162. The molecular weight excluding hydrogens is 313 g/mol. The van der Waals surface area contributed by atoms with Crippen LogP contribution in [0.1, 0.15) is 27.6 Å². The van der Waals surface area contributed by atoms with Gasteiger partial charge in [-0.05, 0) is 35.6 Å². The molecule has 0 heterocycles. The summed E-state index contributed by atoms with van der Waals surface area (Å²) in [6.07, 6.45) is 0.501. The number of benzene rings is 1. The van der Waals surface area contributed by atoms with Crippen LogP contribution in [0.15, 0.2) is 12.1 Å². The average molecular weight is 319 g/mol.